The predicted molar refractivity (Wildman–Crippen MR) is 152 cm³/mol. The van der Waals surface area contributed by atoms with Gasteiger partial charge in [-0.05, 0) is 63.4 Å². The summed E-state index contributed by atoms with van der Waals surface area (Å²) in [4.78, 5) is 17.9. The molecule has 1 fully saturated rings. The number of ether oxygens (including phenoxy) is 1. The Hall–Kier alpha value is -3.50. The van der Waals surface area contributed by atoms with E-state index in [9.17, 15) is 9.18 Å². The molecule has 2 heterocycles. The molecule has 41 heavy (non-hydrogen) atoms. The molecule has 4 aromatic rings. The number of nitrogens with two attached hydrogens (primary N) is 1. The van der Waals surface area contributed by atoms with Crippen LogP contribution in [0.25, 0.3) is 28.5 Å². The summed E-state index contributed by atoms with van der Waals surface area (Å²) in [6.07, 6.45) is 4.35. The van der Waals surface area contributed by atoms with Crippen molar-refractivity contribution in [1.82, 2.24) is 19.7 Å². The van der Waals surface area contributed by atoms with Crippen LogP contribution in [0.1, 0.15) is 70.2 Å². The van der Waals surface area contributed by atoms with E-state index >= 15 is 4.39 Å². The first kappa shape index (κ1) is 29.0. The number of esters is 1. The van der Waals surface area contributed by atoms with E-state index in [4.69, 9.17) is 43.1 Å². The second kappa shape index (κ2) is 11.4. The average Bonchev–Trinajstić information content (AvgIpc) is 3.51. The first-order valence-corrected chi connectivity index (χ1v) is 14.0. The Kier molecular flexibility index (Phi) is 8.07. The lowest BCUT2D eigenvalue weighted by molar-refractivity contribution is -0.153. The van der Waals surface area contributed by atoms with Crippen LogP contribution in [0.15, 0.2) is 34.7 Å². The van der Waals surface area contributed by atoms with E-state index in [-0.39, 0.29) is 45.7 Å². The molecule has 12 heteroatoms. The summed E-state index contributed by atoms with van der Waals surface area (Å²) in [6, 6.07) is 6.91. The van der Waals surface area contributed by atoms with E-state index in [0.717, 1.165) is 32.1 Å². The molecular weight excluding hydrogens is 575 g/mol. The number of hydrogen-bond acceptors (Lipinski definition) is 7. The van der Waals surface area contributed by atoms with E-state index in [1.54, 1.807) is 31.4 Å². The number of nitrogens with zero attached hydrogens (tertiary/aromatic N) is 4. The number of rotatable bonds is 6. The molecule has 8 nitrogen and oxygen atoms in total. The van der Waals surface area contributed by atoms with Crippen LogP contribution >= 0.6 is 23.2 Å². The van der Waals surface area contributed by atoms with Gasteiger partial charge in [-0.25, -0.2) is 13.8 Å². The Morgan fingerprint density at radius 3 is 2.46 bits per heavy atom. The lowest BCUT2D eigenvalue weighted by Gasteiger charge is -2.25. The fourth-order valence-electron chi connectivity index (χ4n) is 5.19. The van der Waals surface area contributed by atoms with Crippen LogP contribution in [0.4, 0.5) is 14.8 Å². The molecule has 1 saturated carbocycles. The van der Waals surface area contributed by atoms with Gasteiger partial charge in [0.05, 0.1) is 27.8 Å². The Morgan fingerprint density at radius 2 is 1.83 bits per heavy atom. The van der Waals surface area contributed by atoms with Crippen molar-refractivity contribution in [2.45, 2.75) is 70.8 Å². The van der Waals surface area contributed by atoms with Gasteiger partial charge in [0, 0.05) is 11.5 Å². The molecule has 0 spiro atoms. The van der Waals surface area contributed by atoms with Gasteiger partial charge in [0.15, 0.2) is 11.5 Å². The van der Waals surface area contributed by atoms with Crippen LogP contribution in [-0.2, 0) is 16.0 Å². The fourth-order valence-corrected chi connectivity index (χ4v) is 5.52. The normalized spacial score (nSPS) is 14.4. The highest BCUT2D eigenvalue weighted by Gasteiger charge is 2.33. The van der Waals surface area contributed by atoms with Gasteiger partial charge in [-0.3, -0.25) is 9.36 Å². The van der Waals surface area contributed by atoms with Gasteiger partial charge in [-0.1, -0.05) is 53.6 Å². The van der Waals surface area contributed by atoms with Crippen LogP contribution < -0.4 is 5.73 Å². The molecule has 1 aliphatic rings. The molecule has 0 radical (unpaired) electrons. The summed E-state index contributed by atoms with van der Waals surface area (Å²) in [5.74, 6) is -1.50. The quantitative estimate of drug-likeness (QED) is 0.225. The number of benzene rings is 2. The molecule has 216 valence electrons. The minimum Gasteiger partial charge on any atom is -0.460 e. The highest BCUT2D eigenvalue weighted by molar-refractivity contribution is 6.31. The maximum Gasteiger partial charge on any atom is 0.313 e. The van der Waals surface area contributed by atoms with Gasteiger partial charge in [-0.2, -0.15) is 0 Å². The Morgan fingerprint density at radius 1 is 1.10 bits per heavy atom. The third kappa shape index (κ3) is 6.08. The van der Waals surface area contributed by atoms with Crippen molar-refractivity contribution >= 4 is 35.2 Å². The summed E-state index contributed by atoms with van der Waals surface area (Å²) in [5.41, 5.74) is 6.26. The van der Waals surface area contributed by atoms with Crippen LogP contribution in [0.5, 0.6) is 0 Å². The molecule has 2 aromatic carbocycles. The second-order valence-electron chi connectivity index (χ2n) is 11.0. The van der Waals surface area contributed by atoms with Crippen molar-refractivity contribution in [3.8, 4) is 28.5 Å². The van der Waals surface area contributed by atoms with Gasteiger partial charge < -0.3 is 14.9 Å². The molecular formula is C29H29Cl2F2N5O3. The minimum absolute atomic E-state index is 0.00937. The van der Waals surface area contributed by atoms with E-state index < -0.39 is 23.2 Å². The maximum absolute atomic E-state index is 16.2. The molecule has 0 amide bonds. The van der Waals surface area contributed by atoms with Crippen molar-refractivity contribution in [3.63, 3.8) is 0 Å². The zero-order valence-corrected chi connectivity index (χ0v) is 24.3. The van der Waals surface area contributed by atoms with Crippen molar-refractivity contribution in [2.75, 3.05) is 5.73 Å². The molecule has 0 saturated heterocycles. The molecule has 0 aliphatic heterocycles. The molecule has 0 atom stereocenters. The summed E-state index contributed by atoms with van der Waals surface area (Å²) >= 11 is 12.5. The number of halogens is 4. The zero-order chi connectivity index (χ0) is 29.5. The maximum atomic E-state index is 16.2. The minimum atomic E-state index is -0.756. The van der Waals surface area contributed by atoms with Crippen LogP contribution in [0, 0.1) is 11.6 Å². The number of nitrogen functional groups attached to an aromatic ring is 1. The van der Waals surface area contributed by atoms with Crippen molar-refractivity contribution < 1.29 is 22.7 Å². The highest BCUT2D eigenvalue weighted by Crippen LogP contribution is 2.43. The standard InChI is InChI=1S/C29H29Cl2F2N5O3/c1-29(2,3)41-21(39)14-17-9-11-18(30)22(33)24(17)38-25(16-10-12-20(32)19(31)13-16)23(27-36-37-28(34)40-27)35-26(38)15-7-5-4-6-8-15/h9-13,15H,4-8,14H2,1-3H3,(H2,34,37). The molecule has 0 bridgehead atoms. The molecule has 1 aliphatic carbocycles. The number of hydrogen-bond donors (Lipinski definition) is 1. The number of carbonyl (C=O) groups excluding carboxylic acids is 1. The average molecular weight is 604 g/mol. The van der Waals surface area contributed by atoms with Crippen LogP contribution in [-0.4, -0.2) is 31.3 Å². The molecule has 2 aromatic heterocycles. The van der Waals surface area contributed by atoms with Gasteiger partial charge >= 0.3 is 12.0 Å². The van der Waals surface area contributed by atoms with E-state index in [0.29, 0.717) is 22.6 Å². The third-order valence-corrected chi connectivity index (χ3v) is 7.42. The zero-order valence-electron chi connectivity index (χ0n) is 22.8. The second-order valence-corrected chi connectivity index (χ2v) is 11.9. The fraction of sp³-hybridized carbons (Fsp3) is 0.379. The van der Waals surface area contributed by atoms with Gasteiger partial charge in [0.1, 0.15) is 17.2 Å². The largest absolute Gasteiger partial charge is 0.460 e. The van der Waals surface area contributed by atoms with Crippen molar-refractivity contribution in [2.24, 2.45) is 0 Å². The van der Waals surface area contributed by atoms with E-state index in [2.05, 4.69) is 10.2 Å². The monoisotopic (exact) mass is 603 g/mol. The van der Waals surface area contributed by atoms with E-state index in [1.165, 1.54) is 24.3 Å². The Balaban J connectivity index is 1.84. The van der Waals surface area contributed by atoms with Gasteiger partial charge in [-0.15, -0.1) is 5.10 Å². The summed E-state index contributed by atoms with van der Waals surface area (Å²) in [6.45, 7) is 5.26. The SMILES string of the molecule is CC(C)(C)OC(=O)Cc1ccc(Cl)c(F)c1-n1c(C2CCCCC2)nc(-c2nnc(N)o2)c1-c1ccc(F)c(Cl)c1. The summed E-state index contributed by atoms with van der Waals surface area (Å²) in [7, 11) is 0. The van der Waals surface area contributed by atoms with E-state index in [1.807, 2.05) is 0 Å². The van der Waals surface area contributed by atoms with Crippen LogP contribution in [0.2, 0.25) is 10.0 Å². The number of aromatic nitrogens is 4. The van der Waals surface area contributed by atoms with Crippen molar-refractivity contribution in [1.29, 1.82) is 0 Å². The van der Waals surface area contributed by atoms with Crippen LogP contribution in [0.3, 0.4) is 0 Å². The summed E-state index contributed by atoms with van der Waals surface area (Å²) < 4.78 is 43.3. The number of anilines is 1. The number of imidazole rings is 1. The smallest absolute Gasteiger partial charge is 0.313 e. The molecule has 2 N–H and O–H groups in total. The number of carbonyl (C=O) groups is 1. The Labute approximate surface area is 245 Å². The third-order valence-electron chi connectivity index (χ3n) is 6.84. The lowest BCUT2D eigenvalue weighted by atomic mass is 9.88. The molecule has 0 unspecified atom stereocenters. The highest BCUT2D eigenvalue weighted by atomic mass is 35.5. The topological polar surface area (TPSA) is 109 Å². The van der Waals surface area contributed by atoms with Gasteiger partial charge in [0.25, 0.3) is 5.89 Å². The molecule has 5 rings (SSSR count). The first-order chi connectivity index (χ1) is 19.4. The first-order valence-electron chi connectivity index (χ1n) is 13.3. The van der Waals surface area contributed by atoms with Crippen molar-refractivity contribution in [3.05, 3.63) is 63.4 Å². The summed E-state index contributed by atoms with van der Waals surface area (Å²) in [5, 5.41) is 7.52. The lowest BCUT2D eigenvalue weighted by Crippen LogP contribution is -2.25. The Bertz CT molecular complexity index is 1610. The van der Waals surface area contributed by atoms with Gasteiger partial charge in [0.2, 0.25) is 0 Å². The predicted octanol–water partition coefficient (Wildman–Crippen LogP) is 7.69.